The van der Waals surface area contributed by atoms with Gasteiger partial charge in [0.15, 0.2) is 5.57 Å². The molecule has 3 rings (SSSR count). The van der Waals surface area contributed by atoms with Crippen molar-refractivity contribution in [2.45, 2.75) is 0 Å². The normalized spacial score (nSPS) is 25.6. The molecule has 5 heteroatoms. The van der Waals surface area contributed by atoms with Crippen molar-refractivity contribution in [2.24, 2.45) is 0 Å². The van der Waals surface area contributed by atoms with E-state index >= 15 is 0 Å². The van der Waals surface area contributed by atoms with Crippen molar-refractivity contribution < 1.29 is 19.3 Å². The van der Waals surface area contributed by atoms with Crippen molar-refractivity contribution >= 4 is 17.4 Å². The molecule has 1 aromatic carbocycles. The van der Waals surface area contributed by atoms with Gasteiger partial charge >= 0.3 is 5.91 Å². The molecule has 0 saturated heterocycles. The smallest absolute Gasteiger partial charge is 0.355 e. The highest BCUT2D eigenvalue weighted by Crippen LogP contribution is 2.25. The average molecular weight is 257 g/mol. The Morgan fingerprint density at radius 1 is 1.21 bits per heavy atom. The van der Waals surface area contributed by atoms with Crippen LogP contribution in [0.1, 0.15) is 10.4 Å². The number of rotatable bonds is 0. The number of Topliss-reactive ketones (excluding diaryl/α,β-unsaturated/α-hetero) is 1. The van der Waals surface area contributed by atoms with E-state index in [0.29, 0.717) is 21.8 Å². The maximum absolute atomic E-state index is 12.5. The number of amides is 1. The quantitative estimate of drug-likeness (QED) is 0.533. The van der Waals surface area contributed by atoms with Crippen LogP contribution in [-0.4, -0.2) is 30.8 Å². The standard InChI is InChI=1S/C14H12N2O3/c1-15-10-6-4-3-5-9(10)13(17)12(14(15)18)11-7-8-19-16(11)2/h3-8H,1-2H3/p+1. The van der Waals surface area contributed by atoms with Gasteiger partial charge in [-0.15, -0.1) is 0 Å². The van der Waals surface area contributed by atoms with Crippen LogP contribution < -0.4 is 4.90 Å². The third-order valence-electron chi connectivity index (χ3n) is 3.41. The summed E-state index contributed by atoms with van der Waals surface area (Å²) in [6.45, 7) is 0. The van der Waals surface area contributed by atoms with Gasteiger partial charge in [0.05, 0.1) is 18.3 Å². The number of allylic oxidation sites excluding steroid dienone is 1. The van der Waals surface area contributed by atoms with Gasteiger partial charge in [-0.25, -0.2) is 14.8 Å². The summed E-state index contributed by atoms with van der Waals surface area (Å²) in [6, 6.07) is 7.17. The van der Waals surface area contributed by atoms with E-state index in [-0.39, 0.29) is 17.3 Å². The number of likely N-dealkylation sites (N-methyl/N-ethyl adjacent to an activating group) is 2. The van der Waals surface area contributed by atoms with E-state index in [1.807, 2.05) is 6.07 Å². The van der Waals surface area contributed by atoms with Crippen LogP contribution in [0.3, 0.4) is 0 Å². The molecule has 1 aromatic rings. The zero-order valence-corrected chi connectivity index (χ0v) is 10.6. The molecule has 0 aliphatic carbocycles. The third-order valence-corrected chi connectivity index (χ3v) is 3.41. The minimum Gasteiger partial charge on any atom is -0.388 e. The van der Waals surface area contributed by atoms with Crippen molar-refractivity contribution in [3.63, 3.8) is 0 Å². The minimum atomic E-state index is -0.247. The van der Waals surface area contributed by atoms with Gasteiger partial charge in [-0.05, 0) is 6.07 Å². The third kappa shape index (κ3) is 1.59. The van der Waals surface area contributed by atoms with E-state index in [0.717, 1.165) is 0 Å². The summed E-state index contributed by atoms with van der Waals surface area (Å²) in [7, 11) is 3.41. The first kappa shape index (κ1) is 11.7. The molecule has 0 fully saturated rings. The lowest BCUT2D eigenvalue weighted by Gasteiger charge is -2.23. The first-order valence-corrected chi connectivity index (χ1v) is 5.95. The highest BCUT2D eigenvalue weighted by atomic mass is 16.7. The molecule has 2 heterocycles. The van der Waals surface area contributed by atoms with Crippen LogP contribution in [-0.2, 0) is 9.63 Å². The number of carbonyl (C=O) groups excluding carboxylic acids is 2. The Balaban J connectivity index is 2.23. The van der Waals surface area contributed by atoms with Crippen molar-refractivity contribution in [1.82, 2.24) is 5.06 Å². The SMILES string of the molecule is CN1OC=CC1=C1C(=O)c2ccccc2[NH+](C)C1=O. The average Bonchev–Trinajstić information content (AvgIpc) is 2.83. The topological polar surface area (TPSA) is 51.0 Å². The van der Waals surface area contributed by atoms with Crippen LogP contribution in [0, 0.1) is 0 Å². The summed E-state index contributed by atoms with van der Waals surface area (Å²) in [4.78, 5) is 30.6. The maximum Gasteiger partial charge on any atom is 0.355 e. The minimum absolute atomic E-state index is 0.174. The van der Waals surface area contributed by atoms with Crippen LogP contribution in [0.2, 0.25) is 0 Å². The van der Waals surface area contributed by atoms with Crippen LogP contribution in [0.4, 0.5) is 5.69 Å². The number of hydrogen-bond acceptors (Lipinski definition) is 4. The van der Waals surface area contributed by atoms with E-state index in [1.165, 1.54) is 11.3 Å². The van der Waals surface area contributed by atoms with E-state index in [2.05, 4.69) is 0 Å². The van der Waals surface area contributed by atoms with Crippen molar-refractivity contribution in [2.75, 3.05) is 14.1 Å². The molecule has 19 heavy (non-hydrogen) atoms. The van der Waals surface area contributed by atoms with Gasteiger partial charge in [-0.2, -0.15) is 0 Å². The number of hydroxylamine groups is 2. The lowest BCUT2D eigenvalue weighted by molar-refractivity contribution is -0.722. The molecular formula is C14H13N2O3+. The molecule has 1 N–H and O–H groups in total. The number of fused-ring (bicyclic) bond motifs is 1. The van der Waals surface area contributed by atoms with E-state index < -0.39 is 0 Å². The molecule has 0 saturated carbocycles. The molecule has 2 aliphatic heterocycles. The molecular weight excluding hydrogens is 244 g/mol. The highest BCUT2D eigenvalue weighted by molar-refractivity contribution is 6.27. The van der Waals surface area contributed by atoms with Crippen LogP contribution >= 0.6 is 0 Å². The Morgan fingerprint density at radius 2 is 1.95 bits per heavy atom. The van der Waals surface area contributed by atoms with Gasteiger partial charge in [-0.3, -0.25) is 4.79 Å². The molecule has 0 spiro atoms. The predicted molar refractivity (Wildman–Crippen MR) is 67.3 cm³/mol. The number of para-hydroxylation sites is 1. The fourth-order valence-electron chi connectivity index (χ4n) is 2.38. The van der Waals surface area contributed by atoms with Crippen LogP contribution in [0.5, 0.6) is 0 Å². The molecule has 1 atom stereocenters. The summed E-state index contributed by atoms with van der Waals surface area (Å²) in [6.07, 6.45) is 3.09. The summed E-state index contributed by atoms with van der Waals surface area (Å²) >= 11 is 0. The van der Waals surface area contributed by atoms with Crippen molar-refractivity contribution in [3.8, 4) is 0 Å². The molecule has 96 valence electrons. The second kappa shape index (κ2) is 4.07. The number of carbonyl (C=O) groups is 2. The Morgan fingerprint density at radius 3 is 2.63 bits per heavy atom. The number of quaternary nitrogens is 1. The summed E-state index contributed by atoms with van der Waals surface area (Å²) < 4.78 is 0. The van der Waals surface area contributed by atoms with Gasteiger partial charge in [0, 0.05) is 19.2 Å². The van der Waals surface area contributed by atoms with Gasteiger partial charge in [0.1, 0.15) is 11.9 Å². The second-order valence-corrected chi connectivity index (χ2v) is 4.49. The molecule has 1 unspecified atom stereocenters. The van der Waals surface area contributed by atoms with Gasteiger partial charge in [0.25, 0.3) is 0 Å². The molecule has 5 nitrogen and oxygen atoms in total. The monoisotopic (exact) mass is 257 g/mol. The fourth-order valence-corrected chi connectivity index (χ4v) is 2.38. The maximum atomic E-state index is 12.5. The largest absolute Gasteiger partial charge is 0.388 e. The molecule has 2 aliphatic rings. The zero-order chi connectivity index (χ0) is 13.6. The highest BCUT2D eigenvalue weighted by Gasteiger charge is 2.40. The summed E-state index contributed by atoms with van der Waals surface area (Å²) in [5, 5.41) is 1.42. The molecule has 1 amide bonds. The molecule has 0 radical (unpaired) electrons. The van der Waals surface area contributed by atoms with E-state index in [4.69, 9.17) is 4.84 Å². The number of nitrogens with zero attached hydrogens (tertiary/aromatic N) is 1. The van der Waals surface area contributed by atoms with Crippen LogP contribution in [0.25, 0.3) is 0 Å². The lowest BCUT2D eigenvalue weighted by Crippen LogP contribution is -3.08. The number of benzene rings is 1. The molecule has 0 bridgehead atoms. The van der Waals surface area contributed by atoms with Gasteiger partial charge < -0.3 is 4.84 Å². The Bertz CT molecular complexity index is 646. The first-order valence-electron chi connectivity index (χ1n) is 5.95. The Kier molecular flexibility index (Phi) is 2.50. The van der Waals surface area contributed by atoms with Crippen molar-refractivity contribution in [1.29, 1.82) is 0 Å². The first-order chi connectivity index (χ1) is 9.11. The zero-order valence-electron chi connectivity index (χ0n) is 10.6. The van der Waals surface area contributed by atoms with Gasteiger partial charge in [-0.1, -0.05) is 12.1 Å². The number of ketones is 1. The number of nitrogens with one attached hydrogen (secondary N) is 1. The van der Waals surface area contributed by atoms with E-state index in [1.54, 1.807) is 38.4 Å². The van der Waals surface area contributed by atoms with Crippen LogP contribution in [0.15, 0.2) is 47.9 Å². The van der Waals surface area contributed by atoms with Gasteiger partial charge in [0.2, 0.25) is 5.78 Å². The lowest BCUT2D eigenvalue weighted by atomic mass is 9.94. The summed E-state index contributed by atoms with van der Waals surface area (Å²) in [5.74, 6) is -0.482. The Hall–Kier alpha value is -2.40. The second-order valence-electron chi connectivity index (χ2n) is 4.49. The van der Waals surface area contributed by atoms with E-state index in [9.17, 15) is 9.59 Å². The fraction of sp³-hybridized carbons (Fsp3) is 0.143. The summed E-state index contributed by atoms with van der Waals surface area (Å²) in [5.41, 5.74) is 1.96. The number of hydrogen-bond donors (Lipinski definition) is 1. The predicted octanol–water partition coefficient (Wildman–Crippen LogP) is 0.200. The molecule has 0 aromatic heterocycles. The van der Waals surface area contributed by atoms with Crippen molar-refractivity contribution in [3.05, 3.63) is 53.4 Å². The Labute approximate surface area is 110 Å².